The van der Waals surface area contributed by atoms with Crippen molar-refractivity contribution in [3.63, 3.8) is 0 Å². The molecular formula is C18H12F4N4O3. The minimum Gasteiger partial charge on any atom is -0.497 e. The average Bonchev–Trinajstić information content (AvgIpc) is 2.67. The van der Waals surface area contributed by atoms with Gasteiger partial charge in [0.15, 0.2) is 5.69 Å². The van der Waals surface area contributed by atoms with Gasteiger partial charge >= 0.3 is 11.9 Å². The van der Waals surface area contributed by atoms with Gasteiger partial charge in [0.25, 0.3) is 0 Å². The molecule has 0 saturated heterocycles. The maximum atomic E-state index is 14.3. The Morgan fingerprint density at radius 1 is 1.10 bits per heavy atom. The summed E-state index contributed by atoms with van der Waals surface area (Å²) in [5, 5.41) is 14.3. The van der Waals surface area contributed by atoms with Crippen molar-refractivity contribution in [1.29, 1.82) is 0 Å². The SMILES string of the molecule is COc1ccc(Nc2ncnc(-c3ccc(C(F)(F)F)cc3F)c2[N+](=O)[O-])cc1. The van der Waals surface area contributed by atoms with E-state index in [1.807, 2.05) is 0 Å². The summed E-state index contributed by atoms with van der Waals surface area (Å²) < 4.78 is 57.6. The van der Waals surface area contributed by atoms with Crippen LogP contribution in [0.4, 0.5) is 34.8 Å². The predicted octanol–water partition coefficient (Wildman–Crippen LogP) is 4.96. The molecule has 0 aliphatic rings. The van der Waals surface area contributed by atoms with Gasteiger partial charge in [-0.1, -0.05) is 0 Å². The van der Waals surface area contributed by atoms with Crippen molar-refractivity contribution in [1.82, 2.24) is 9.97 Å². The number of ether oxygens (including phenoxy) is 1. The van der Waals surface area contributed by atoms with E-state index in [0.29, 0.717) is 17.5 Å². The number of nitrogens with one attached hydrogen (secondary N) is 1. The highest BCUT2D eigenvalue weighted by Gasteiger charge is 2.32. The number of anilines is 2. The Morgan fingerprint density at radius 3 is 2.34 bits per heavy atom. The normalized spacial score (nSPS) is 11.2. The molecule has 0 bridgehead atoms. The Kier molecular flexibility index (Phi) is 5.31. The highest BCUT2D eigenvalue weighted by Crippen LogP contribution is 2.38. The third-order valence-corrected chi connectivity index (χ3v) is 3.91. The summed E-state index contributed by atoms with van der Waals surface area (Å²) >= 11 is 0. The largest absolute Gasteiger partial charge is 0.497 e. The summed E-state index contributed by atoms with van der Waals surface area (Å²) in [5.41, 5.74) is -2.38. The molecule has 0 fully saturated rings. The molecule has 3 aromatic rings. The number of aromatic nitrogens is 2. The monoisotopic (exact) mass is 408 g/mol. The molecule has 3 rings (SSSR count). The molecule has 1 aromatic heterocycles. The van der Waals surface area contributed by atoms with Gasteiger partial charge < -0.3 is 10.1 Å². The van der Waals surface area contributed by atoms with Crippen LogP contribution < -0.4 is 10.1 Å². The quantitative estimate of drug-likeness (QED) is 0.365. The van der Waals surface area contributed by atoms with Crippen LogP contribution in [0.5, 0.6) is 5.75 Å². The number of hydrogen-bond donors (Lipinski definition) is 1. The van der Waals surface area contributed by atoms with Gasteiger partial charge in [-0.25, -0.2) is 14.4 Å². The Balaban J connectivity index is 2.06. The van der Waals surface area contributed by atoms with Gasteiger partial charge in [-0.2, -0.15) is 13.2 Å². The molecule has 0 aliphatic carbocycles. The van der Waals surface area contributed by atoms with E-state index in [0.717, 1.165) is 12.4 Å². The zero-order valence-corrected chi connectivity index (χ0v) is 14.7. The molecule has 2 aromatic carbocycles. The lowest BCUT2D eigenvalue weighted by Crippen LogP contribution is -2.07. The molecule has 0 spiro atoms. The van der Waals surface area contributed by atoms with Gasteiger partial charge in [0, 0.05) is 11.3 Å². The van der Waals surface area contributed by atoms with Crippen LogP contribution in [0.2, 0.25) is 0 Å². The number of nitro groups is 1. The van der Waals surface area contributed by atoms with E-state index in [-0.39, 0.29) is 11.9 Å². The van der Waals surface area contributed by atoms with Crippen LogP contribution in [0, 0.1) is 15.9 Å². The Bertz CT molecular complexity index is 1060. The fraction of sp³-hybridized carbons (Fsp3) is 0.111. The van der Waals surface area contributed by atoms with Crippen molar-refractivity contribution in [2.45, 2.75) is 6.18 Å². The number of halogens is 4. The van der Waals surface area contributed by atoms with Gasteiger partial charge in [0.2, 0.25) is 5.82 Å². The Labute approximate surface area is 161 Å². The number of hydrogen-bond acceptors (Lipinski definition) is 6. The second-order valence-electron chi connectivity index (χ2n) is 5.72. The van der Waals surface area contributed by atoms with Crippen LogP contribution in [-0.4, -0.2) is 22.0 Å². The molecule has 7 nitrogen and oxygen atoms in total. The van der Waals surface area contributed by atoms with Crippen LogP contribution in [-0.2, 0) is 6.18 Å². The Hall–Kier alpha value is -3.76. The minimum atomic E-state index is -4.75. The summed E-state index contributed by atoms with van der Waals surface area (Å²) in [7, 11) is 1.47. The third-order valence-electron chi connectivity index (χ3n) is 3.91. The van der Waals surface area contributed by atoms with Crippen LogP contribution in [0.25, 0.3) is 11.3 Å². The molecule has 0 aliphatic heterocycles. The zero-order valence-electron chi connectivity index (χ0n) is 14.7. The molecule has 1 N–H and O–H groups in total. The van der Waals surface area contributed by atoms with Crippen LogP contribution in [0.1, 0.15) is 5.56 Å². The lowest BCUT2D eigenvalue weighted by atomic mass is 10.1. The highest BCUT2D eigenvalue weighted by atomic mass is 19.4. The number of rotatable bonds is 5. The minimum absolute atomic E-state index is 0.246. The van der Waals surface area contributed by atoms with Crippen LogP contribution in [0.3, 0.4) is 0 Å². The maximum Gasteiger partial charge on any atom is 0.416 e. The van der Waals surface area contributed by atoms with E-state index in [1.54, 1.807) is 24.3 Å². The number of methoxy groups -OCH3 is 1. The van der Waals surface area contributed by atoms with Crippen molar-refractivity contribution in [2.75, 3.05) is 12.4 Å². The van der Waals surface area contributed by atoms with Crippen LogP contribution in [0.15, 0.2) is 48.8 Å². The van der Waals surface area contributed by atoms with Crippen LogP contribution >= 0.6 is 0 Å². The van der Waals surface area contributed by atoms with Crippen molar-refractivity contribution < 1.29 is 27.2 Å². The first-order valence-corrected chi connectivity index (χ1v) is 7.98. The summed E-state index contributed by atoms with van der Waals surface area (Å²) in [5.74, 6) is -0.985. The fourth-order valence-corrected chi connectivity index (χ4v) is 2.53. The molecule has 1 heterocycles. The van der Waals surface area contributed by atoms with Crippen molar-refractivity contribution in [2.24, 2.45) is 0 Å². The first-order valence-electron chi connectivity index (χ1n) is 7.98. The first kappa shape index (κ1) is 20.0. The smallest absolute Gasteiger partial charge is 0.416 e. The zero-order chi connectivity index (χ0) is 21.2. The van der Waals surface area contributed by atoms with Gasteiger partial charge in [-0.15, -0.1) is 0 Å². The summed E-state index contributed by atoms with van der Waals surface area (Å²) in [6.07, 6.45) is -3.80. The fourth-order valence-electron chi connectivity index (χ4n) is 2.53. The topological polar surface area (TPSA) is 90.2 Å². The van der Waals surface area contributed by atoms with Gasteiger partial charge in [-0.05, 0) is 42.5 Å². The van der Waals surface area contributed by atoms with Crippen molar-refractivity contribution in [3.05, 3.63) is 70.3 Å². The molecule has 0 unspecified atom stereocenters. The molecule has 0 atom stereocenters. The molecule has 0 saturated carbocycles. The predicted molar refractivity (Wildman–Crippen MR) is 95.4 cm³/mol. The van der Waals surface area contributed by atoms with E-state index in [1.165, 1.54) is 7.11 Å². The summed E-state index contributed by atoms with van der Waals surface area (Å²) in [4.78, 5) is 18.3. The second-order valence-corrected chi connectivity index (χ2v) is 5.72. The van der Waals surface area contributed by atoms with E-state index in [2.05, 4.69) is 15.3 Å². The summed E-state index contributed by atoms with van der Waals surface area (Å²) in [6.45, 7) is 0. The lowest BCUT2D eigenvalue weighted by Gasteiger charge is -2.11. The second kappa shape index (κ2) is 7.70. The van der Waals surface area contributed by atoms with Gasteiger partial charge in [-0.3, -0.25) is 10.1 Å². The maximum absolute atomic E-state index is 14.3. The standard InChI is InChI=1S/C18H12F4N4O3/c1-29-12-5-3-11(4-6-12)25-17-16(26(27)28)15(23-9-24-17)13-7-2-10(8-14(13)19)18(20,21)22/h2-9H,1H3,(H,23,24,25). The van der Waals surface area contributed by atoms with Crippen molar-refractivity contribution in [3.8, 4) is 17.0 Å². The molecule has 150 valence electrons. The molecular weight excluding hydrogens is 396 g/mol. The van der Waals surface area contributed by atoms with E-state index in [4.69, 9.17) is 4.74 Å². The molecule has 0 amide bonds. The molecule has 0 radical (unpaired) electrons. The average molecular weight is 408 g/mol. The Morgan fingerprint density at radius 2 is 1.79 bits per heavy atom. The molecule has 11 heteroatoms. The van der Waals surface area contributed by atoms with E-state index in [9.17, 15) is 27.7 Å². The number of nitrogens with zero attached hydrogens (tertiary/aromatic N) is 3. The van der Waals surface area contributed by atoms with E-state index >= 15 is 0 Å². The number of benzene rings is 2. The van der Waals surface area contributed by atoms with Crippen molar-refractivity contribution >= 4 is 17.2 Å². The van der Waals surface area contributed by atoms with E-state index < -0.39 is 39.4 Å². The third kappa shape index (κ3) is 4.23. The number of alkyl halides is 3. The van der Waals surface area contributed by atoms with Gasteiger partial charge in [0.05, 0.1) is 17.6 Å². The first-order chi connectivity index (χ1) is 13.7. The van der Waals surface area contributed by atoms with Gasteiger partial charge in [0.1, 0.15) is 17.9 Å². The summed E-state index contributed by atoms with van der Waals surface area (Å²) in [6, 6.07) is 8.03. The molecule has 29 heavy (non-hydrogen) atoms. The highest BCUT2D eigenvalue weighted by molar-refractivity contribution is 5.79. The lowest BCUT2D eigenvalue weighted by molar-refractivity contribution is -0.383.